The highest BCUT2D eigenvalue weighted by Gasteiger charge is 2.10. The number of amides is 1. The first-order chi connectivity index (χ1) is 13.0. The van der Waals surface area contributed by atoms with Gasteiger partial charge in [-0.15, -0.1) is 0 Å². The van der Waals surface area contributed by atoms with Crippen molar-refractivity contribution < 1.29 is 13.6 Å². The zero-order valence-corrected chi connectivity index (χ0v) is 14.6. The molecule has 1 heterocycles. The van der Waals surface area contributed by atoms with E-state index in [1.165, 1.54) is 36.5 Å². The molecule has 0 fully saturated rings. The molecule has 3 rings (SSSR count). The first kappa shape index (κ1) is 18.3. The Bertz CT molecular complexity index is 1030. The molecule has 0 aliphatic carbocycles. The van der Waals surface area contributed by atoms with Crippen LogP contribution in [0.15, 0.2) is 60.8 Å². The number of nitrogens with one attached hydrogen (secondary N) is 1. The van der Waals surface area contributed by atoms with E-state index in [1.54, 1.807) is 24.3 Å². The third-order valence-electron chi connectivity index (χ3n) is 3.87. The molecule has 0 aliphatic rings. The molecule has 3 nitrogen and oxygen atoms in total. The smallest absolute Gasteiger partial charge is 0.274 e. The summed E-state index contributed by atoms with van der Waals surface area (Å²) in [5, 5.41) is 2.74. The quantitative estimate of drug-likeness (QED) is 0.693. The predicted octanol–water partition coefficient (Wildman–Crippen LogP) is 4.57. The number of halogens is 2. The number of aryl methyl sites for hydroxylation is 1. The van der Waals surface area contributed by atoms with Gasteiger partial charge in [0.1, 0.15) is 17.3 Å². The highest BCUT2D eigenvalue weighted by molar-refractivity contribution is 6.03. The van der Waals surface area contributed by atoms with Crippen molar-refractivity contribution in [1.82, 2.24) is 4.98 Å². The van der Waals surface area contributed by atoms with E-state index in [9.17, 15) is 13.6 Å². The molecule has 0 aliphatic heterocycles. The van der Waals surface area contributed by atoms with Crippen LogP contribution in [0.5, 0.6) is 0 Å². The summed E-state index contributed by atoms with van der Waals surface area (Å²) < 4.78 is 26.4. The fourth-order valence-corrected chi connectivity index (χ4v) is 2.48. The van der Waals surface area contributed by atoms with E-state index < -0.39 is 0 Å². The molecule has 3 aromatic rings. The molecule has 0 unspecified atom stereocenters. The number of benzene rings is 2. The molecule has 0 radical (unpaired) electrons. The number of rotatable bonds is 3. The summed E-state index contributed by atoms with van der Waals surface area (Å²) in [5.74, 6) is 4.64. The lowest BCUT2D eigenvalue weighted by molar-refractivity contribution is 0.102. The first-order valence-corrected chi connectivity index (χ1v) is 8.38. The Morgan fingerprint density at radius 3 is 2.48 bits per heavy atom. The molecule has 0 saturated heterocycles. The summed E-state index contributed by atoms with van der Waals surface area (Å²) in [6, 6.07) is 13.4. The normalized spacial score (nSPS) is 10.0. The Kier molecular flexibility index (Phi) is 5.58. The van der Waals surface area contributed by atoms with E-state index in [-0.39, 0.29) is 23.2 Å². The Hall–Kier alpha value is -3.52. The number of aromatic nitrogens is 1. The standard InChI is InChI=1S/C22H16F2N2O/c1-2-17-13-19(24)9-11-20(17)26-22(27)21-10-8-16(14-25-21)7-6-15-4-3-5-18(23)12-15/h3-5,8-14H,2H2,1H3,(H,26,27). The van der Waals surface area contributed by atoms with Crippen molar-refractivity contribution in [1.29, 1.82) is 0 Å². The van der Waals surface area contributed by atoms with Crippen LogP contribution in [0, 0.1) is 23.5 Å². The van der Waals surface area contributed by atoms with Gasteiger partial charge in [-0.25, -0.2) is 13.8 Å². The van der Waals surface area contributed by atoms with Gasteiger partial charge in [-0.2, -0.15) is 0 Å². The maximum atomic E-state index is 13.3. The largest absolute Gasteiger partial charge is 0.320 e. The van der Waals surface area contributed by atoms with Gasteiger partial charge in [0.05, 0.1) is 0 Å². The second kappa shape index (κ2) is 8.24. The first-order valence-electron chi connectivity index (χ1n) is 8.38. The Morgan fingerprint density at radius 2 is 1.78 bits per heavy atom. The number of hydrogen-bond donors (Lipinski definition) is 1. The van der Waals surface area contributed by atoms with Crippen LogP contribution in [-0.4, -0.2) is 10.9 Å². The summed E-state index contributed by atoms with van der Waals surface area (Å²) in [4.78, 5) is 16.5. The molecule has 27 heavy (non-hydrogen) atoms. The Morgan fingerprint density at radius 1 is 1.00 bits per heavy atom. The number of hydrogen-bond acceptors (Lipinski definition) is 2. The molecule has 0 atom stereocenters. The van der Waals surface area contributed by atoms with Crippen molar-refractivity contribution in [3.63, 3.8) is 0 Å². The van der Waals surface area contributed by atoms with Gasteiger partial charge in [-0.3, -0.25) is 4.79 Å². The maximum absolute atomic E-state index is 13.3. The summed E-state index contributed by atoms with van der Waals surface area (Å²) in [6.07, 6.45) is 2.07. The fraction of sp³-hybridized carbons (Fsp3) is 0.0909. The minimum atomic E-state index is -0.388. The Balaban J connectivity index is 1.73. The molecule has 1 N–H and O–H groups in total. The molecule has 1 aromatic heterocycles. The third-order valence-corrected chi connectivity index (χ3v) is 3.87. The fourth-order valence-electron chi connectivity index (χ4n) is 2.48. The molecule has 2 aromatic carbocycles. The lowest BCUT2D eigenvalue weighted by atomic mass is 10.1. The van der Waals surface area contributed by atoms with E-state index in [4.69, 9.17) is 0 Å². The summed E-state index contributed by atoms with van der Waals surface area (Å²) in [7, 11) is 0. The van der Waals surface area contributed by atoms with Gasteiger partial charge in [0.2, 0.25) is 0 Å². The molecule has 134 valence electrons. The van der Waals surface area contributed by atoms with Crippen molar-refractivity contribution in [3.8, 4) is 11.8 Å². The van der Waals surface area contributed by atoms with Crippen molar-refractivity contribution >= 4 is 11.6 Å². The second-order valence-corrected chi connectivity index (χ2v) is 5.80. The van der Waals surface area contributed by atoms with Crippen LogP contribution in [0.3, 0.4) is 0 Å². The van der Waals surface area contributed by atoms with Crippen LogP contribution < -0.4 is 5.32 Å². The molecule has 1 amide bonds. The molecular formula is C22H16F2N2O. The van der Waals surface area contributed by atoms with Crippen LogP contribution in [0.4, 0.5) is 14.5 Å². The maximum Gasteiger partial charge on any atom is 0.274 e. The topological polar surface area (TPSA) is 42.0 Å². The van der Waals surface area contributed by atoms with Gasteiger partial charge < -0.3 is 5.32 Å². The van der Waals surface area contributed by atoms with Crippen molar-refractivity contribution in [2.75, 3.05) is 5.32 Å². The summed E-state index contributed by atoms with van der Waals surface area (Å²) in [6.45, 7) is 1.88. The molecule has 0 spiro atoms. The monoisotopic (exact) mass is 362 g/mol. The van der Waals surface area contributed by atoms with Gasteiger partial charge in [0.25, 0.3) is 5.91 Å². The minimum Gasteiger partial charge on any atom is -0.320 e. The average Bonchev–Trinajstić information content (AvgIpc) is 2.68. The number of carbonyl (C=O) groups excluding carboxylic acids is 1. The van der Waals surface area contributed by atoms with E-state index in [0.717, 1.165) is 0 Å². The lowest BCUT2D eigenvalue weighted by Crippen LogP contribution is -2.14. The number of nitrogens with zero attached hydrogens (tertiary/aromatic N) is 1. The van der Waals surface area contributed by atoms with E-state index >= 15 is 0 Å². The van der Waals surface area contributed by atoms with Crippen LogP contribution in [-0.2, 0) is 6.42 Å². The third kappa shape index (κ3) is 4.77. The van der Waals surface area contributed by atoms with E-state index in [0.29, 0.717) is 28.8 Å². The van der Waals surface area contributed by atoms with E-state index in [1.807, 2.05) is 6.92 Å². The zero-order chi connectivity index (χ0) is 19.2. The number of carbonyl (C=O) groups is 1. The summed E-state index contributed by atoms with van der Waals surface area (Å²) in [5.41, 5.74) is 2.64. The van der Waals surface area contributed by atoms with Crippen LogP contribution in [0.1, 0.15) is 34.1 Å². The number of anilines is 1. The van der Waals surface area contributed by atoms with Crippen molar-refractivity contribution in [3.05, 3.63) is 94.8 Å². The van der Waals surface area contributed by atoms with Crippen LogP contribution in [0.25, 0.3) is 0 Å². The van der Waals surface area contributed by atoms with Crippen LogP contribution in [0.2, 0.25) is 0 Å². The van der Waals surface area contributed by atoms with Gasteiger partial charge in [0, 0.05) is 23.0 Å². The van der Waals surface area contributed by atoms with E-state index in [2.05, 4.69) is 22.1 Å². The van der Waals surface area contributed by atoms with Gasteiger partial charge in [-0.05, 0) is 60.5 Å². The molecule has 0 bridgehead atoms. The molecule has 0 saturated carbocycles. The highest BCUT2D eigenvalue weighted by atomic mass is 19.1. The SMILES string of the molecule is CCc1cc(F)ccc1NC(=O)c1ccc(C#Cc2cccc(F)c2)cn1. The minimum absolute atomic E-state index is 0.220. The summed E-state index contributed by atoms with van der Waals surface area (Å²) >= 11 is 0. The van der Waals surface area contributed by atoms with Crippen molar-refractivity contribution in [2.24, 2.45) is 0 Å². The predicted molar refractivity (Wildman–Crippen MR) is 100 cm³/mol. The highest BCUT2D eigenvalue weighted by Crippen LogP contribution is 2.18. The number of pyridine rings is 1. The molecular weight excluding hydrogens is 346 g/mol. The van der Waals surface area contributed by atoms with Crippen LogP contribution >= 0.6 is 0 Å². The van der Waals surface area contributed by atoms with Gasteiger partial charge in [-0.1, -0.05) is 24.8 Å². The zero-order valence-electron chi connectivity index (χ0n) is 14.6. The van der Waals surface area contributed by atoms with Crippen molar-refractivity contribution in [2.45, 2.75) is 13.3 Å². The van der Waals surface area contributed by atoms with Gasteiger partial charge in [0.15, 0.2) is 0 Å². The second-order valence-electron chi connectivity index (χ2n) is 5.80. The average molecular weight is 362 g/mol. The molecule has 5 heteroatoms. The van der Waals surface area contributed by atoms with Gasteiger partial charge >= 0.3 is 0 Å². The lowest BCUT2D eigenvalue weighted by Gasteiger charge is -2.09. The Labute approximate surface area is 156 Å².